The summed E-state index contributed by atoms with van der Waals surface area (Å²) in [5.74, 6) is 1.80. The molecule has 4 fully saturated rings. The number of ether oxygens (including phenoxy) is 1. The van der Waals surface area contributed by atoms with E-state index in [-0.39, 0.29) is 12.1 Å². The van der Waals surface area contributed by atoms with Gasteiger partial charge in [-0.2, -0.15) is 4.98 Å². The zero-order chi connectivity index (χ0) is 23.7. The van der Waals surface area contributed by atoms with Crippen LogP contribution in [0.3, 0.4) is 0 Å². The summed E-state index contributed by atoms with van der Waals surface area (Å²) in [5.41, 5.74) is 0.484. The molecule has 1 saturated carbocycles. The van der Waals surface area contributed by atoms with Gasteiger partial charge in [-0.1, -0.05) is 55.1 Å². The molecule has 0 amide bonds. The minimum Gasteiger partial charge on any atom is -0.455 e. The summed E-state index contributed by atoms with van der Waals surface area (Å²) >= 11 is 1.71. The second-order valence-electron chi connectivity index (χ2n) is 10.8. The highest BCUT2D eigenvalue weighted by Gasteiger charge is 2.51. The average Bonchev–Trinajstić information content (AvgIpc) is 3.53. The molecule has 184 valence electrons. The lowest BCUT2D eigenvalue weighted by Gasteiger charge is -2.51. The fourth-order valence-corrected chi connectivity index (χ4v) is 7.55. The molecular weight excluding hydrogens is 458 g/mol. The summed E-state index contributed by atoms with van der Waals surface area (Å²) in [5, 5.41) is 6.40. The Labute approximate surface area is 210 Å². The number of carbonyl (C=O) groups is 1. The van der Waals surface area contributed by atoms with Crippen molar-refractivity contribution in [3.8, 4) is 11.5 Å². The van der Waals surface area contributed by atoms with Gasteiger partial charge in [-0.3, -0.25) is 4.79 Å². The molecule has 6 nitrogen and oxygen atoms in total. The Morgan fingerprint density at radius 1 is 1.06 bits per heavy atom. The van der Waals surface area contributed by atoms with Crippen LogP contribution in [-0.2, 0) is 21.5 Å². The average molecular weight is 493 g/mol. The molecule has 5 heterocycles. The summed E-state index contributed by atoms with van der Waals surface area (Å²) in [7, 11) is 0. The van der Waals surface area contributed by atoms with Crippen molar-refractivity contribution in [1.82, 2.24) is 10.1 Å². The highest BCUT2D eigenvalue weighted by Crippen LogP contribution is 2.44. The number of esters is 1. The van der Waals surface area contributed by atoms with E-state index in [1.165, 1.54) is 17.7 Å². The molecule has 35 heavy (non-hydrogen) atoms. The molecular formula is C28H34N3O3S+. The first-order valence-electron chi connectivity index (χ1n) is 13.1. The quantitative estimate of drug-likeness (QED) is 0.249. The van der Waals surface area contributed by atoms with Crippen LogP contribution in [0.2, 0.25) is 0 Å². The van der Waals surface area contributed by atoms with Crippen LogP contribution in [0.15, 0.2) is 52.4 Å². The molecule has 3 aromatic rings. The van der Waals surface area contributed by atoms with Crippen LogP contribution in [0, 0.1) is 5.92 Å². The van der Waals surface area contributed by atoms with Gasteiger partial charge in [0.25, 0.3) is 5.89 Å². The largest absolute Gasteiger partial charge is 0.455 e. The Balaban J connectivity index is 1.19. The predicted octanol–water partition coefficient (Wildman–Crippen LogP) is 5.74. The second kappa shape index (κ2) is 9.51. The molecule has 7 rings (SSSR count). The van der Waals surface area contributed by atoms with Crippen LogP contribution < -0.4 is 0 Å². The van der Waals surface area contributed by atoms with Crippen molar-refractivity contribution in [1.29, 1.82) is 0 Å². The number of benzene rings is 1. The third kappa shape index (κ3) is 4.45. The third-order valence-corrected chi connectivity index (χ3v) is 9.68. The summed E-state index contributed by atoms with van der Waals surface area (Å²) in [6.07, 6.45) is 8.60. The standard InChI is InChI=1S/C28H34N3O3S/c32-27(28(24-11-8-18-35-24)14-6-1-2-7-15-28)33-23-19-31(16-12-21(23)13-17-31)20-25-29-26(34-30-25)22-9-4-3-5-10-22/h3-5,8-11,18,21,23H,1-2,6-7,12-17,19-20H2/q+1. The number of fused-ring (bicyclic) bond motifs is 3. The molecule has 2 aromatic heterocycles. The van der Waals surface area contributed by atoms with Crippen LogP contribution in [0.5, 0.6) is 0 Å². The maximum absolute atomic E-state index is 13.9. The molecule has 1 aromatic carbocycles. The molecule has 0 N–H and O–H groups in total. The van der Waals surface area contributed by atoms with Crippen LogP contribution in [0.25, 0.3) is 11.5 Å². The van der Waals surface area contributed by atoms with Gasteiger partial charge in [-0.05, 0) is 36.4 Å². The van der Waals surface area contributed by atoms with Gasteiger partial charge in [-0.15, -0.1) is 11.3 Å². The maximum Gasteiger partial charge on any atom is 0.317 e. The van der Waals surface area contributed by atoms with E-state index in [2.05, 4.69) is 22.7 Å². The van der Waals surface area contributed by atoms with Crippen LogP contribution in [0.4, 0.5) is 0 Å². The minimum atomic E-state index is -0.459. The Bertz CT molecular complexity index is 1130. The number of aromatic nitrogens is 2. The SMILES string of the molecule is O=C(OC1C[N+]2(Cc3noc(-c4ccccc4)n3)CCC1CC2)C1(c2cccs2)CCCCCC1. The molecule has 1 aliphatic carbocycles. The number of rotatable bonds is 6. The fraction of sp³-hybridized carbons (Fsp3) is 0.536. The monoisotopic (exact) mass is 492 g/mol. The normalized spacial score (nSPS) is 27.9. The Kier molecular flexibility index (Phi) is 6.23. The Hall–Kier alpha value is -2.51. The molecule has 1 atom stereocenters. The van der Waals surface area contributed by atoms with Gasteiger partial charge in [0.2, 0.25) is 5.82 Å². The molecule has 1 unspecified atom stereocenters. The van der Waals surface area contributed by atoms with Gasteiger partial charge in [0, 0.05) is 29.2 Å². The first-order valence-corrected chi connectivity index (χ1v) is 14.0. The summed E-state index contributed by atoms with van der Waals surface area (Å²) in [6.45, 7) is 3.76. The molecule has 3 saturated heterocycles. The third-order valence-electron chi connectivity index (χ3n) is 8.61. The van der Waals surface area contributed by atoms with Crippen LogP contribution in [-0.4, -0.2) is 46.3 Å². The van der Waals surface area contributed by atoms with Crippen molar-refractivity contribution >= 4 is 17.3 Å². The van der Waals surface area contributed by atoms with Crippen LogP contribution >= 0.6 is 11.3 Å². The van der Waals surface area contributed by atoms with E-state index in [1.54, 1.807) is 11.3 Å². The van der Waals surface area contributed by atoms with Gasteiger partial charge in [0.05, 0.1) is 13.1 Å². The molecule has 7 heteroatoms. The predicted molar refractivity (Wildman–Crippen MR) is 135 cm³/mol. The fourth-order valence-electron chi connectivity index (χ4n) is 6.58. The molecule has 3 aliphatic heterocycles. The zero-order valence-electron chi connectivity index (χ0n) is 20.2. The van der Waals surface area contributed by atoms with Crippen molar-refractivity contribution in [2.75, 3.05) is 19.6 Å². The van der Waals surface area contributed by atoms with Crippen LogP contribution in [0.1, 0.15) is 62.1 Å². The number of quaternary nitrogens is 1. The molecule has 0 radical (unpaired) electrons. The molecule has 4 aliphatic rings. The number of nitrogens with zero attached hydrogens (tertiary/aromatic N) is 3. The Morgan fingerprint density at radius 2 is 1.83 bits per heavy atom. The van der Waals surface area contributed by atoms with Gasteiger partial charge in [0.1, 0.15) is 18.5 Å². The van der Waals surface area contributed by atoms with E-state index in [0.29, 0.717) is 11.8 Å². The minimum absolute atomic E-state index is 0.0182. The number of thiophene rings is 1. The van der Waals surface area contributed by atoms with E-state index < -0.39 is 5.41 Å². The van der Waals surface area contributed by atoms with Gasteiger partial charge < -0.3 is 13.7 Å². The van der Waals surface area contributed by atoms with Gasteiger partial charge in [-0.25, -0.2) is 0 Å². The van der Waals surface area contributed by atoms with Crippen molar-refractivity contribution in [3.63, 3.8) is 0 Å². The highest BCUT2D eigenvalue weighted by molar-refractivity contribution is 7.10. The van der Waals surface area contributed by atoms with Crippen molar-refractivity contribution in [2.45, 2.75) is 69.4 Å². The van der Waals surface area contributed by atoms with E-state index in [4.69, 9.17) is 14.2 Å². The van der Waals surface area contributed by atoms with Crippen molar-refractivity contribution in [2.24, 2.45) is 5.92 Å². The molecule has 0 spiro atoms. The van der Waals surface area contributed by atoms with Gasteiger partial charge >= 0.3 is 5.97 Å². The van der Waals surface area contributed by atoms with E-state index in [0.717, 1.165) is 80.6 Å². The molecule has 2 bridgehead atoms. The number of piperidine rings is 3. The lowest BCUT2D eigenvalue weighted by molar-refractivity contribution is -0.958. The second-order valence-corrected chi connectivity index (χ2v) is 11.7. The summed E-state index contributed by atoms with van der Waals surface area (Å²) in [6, 6.07) is 14.1. The smallest absolute Gasteiger partial charge is 0.317 e. The number of hydrogen-bond donors (Lipinski definition) is 0. The first kappa shape index (κ1) is 22.9. The topological polar surface area (TPSA) is 65.2 Å². The van der Waals surface area contributed by atoms with E-state index >= 15 is 0 Å². The lowest BCUT2D eigenvalue weighted by Crippen LogP contribution is -2.64. The van der Waals surface area contributed by atoms with Crippen molar-refractivity contribution in [3.05, 3.63) is 58.5 Å². The summed E-state index contributed by atoms with van der Waals surface area (Å²) in [4.78, 5) is 19.8. The van der Waals surface area contributed by atoms with E-state index in [9.17, 15) is 4.79 Å². The number of hydrogen-bond acceptors (Lipinski definition) is 6. The maximum atomic E-state index is 13.9. The lowest BCUT2D eigenvalue weighted by atomic mass is 9.78. The highest BCUT2D eigenvalue weighted by atomic mass is 32.1. The first-order chi connectivity index (χ1) is 17.2. The number of carbonyl (C=O) groups excluding carboxylic acids is 1. The zero-order valence-corrected chi connectivity index (χ0v) is 21.0. The Morgan fingerprint density at radius 3 is 2.54 bits per heavy atom. The van der Waals surface area contributed by atoms with E-state index in [1.807, 2.05) is 30.3 Å². The summed E-state index contributed by atoms with van der Waals surface area (Å²) < 4.78 is 12.9. The van der Waals surface area contributed by atoms with Crippen molar-refractivity contribution < 1.29 is 18.5 Å². The van der Waals surface area contributed by atoms with Gasteiger partial charge in [0.15, 0.2) is 6.10 Å².